The van der Waals surface area contributed by atoms with Crippen molar-refractivity contribution in [1.82, 2.24) is 4.72 Å². The minimum absolute atomic E-state index is 0.214. The van der Waals surface area contributed by atoms with E-state index in [9.17, 15) is 13.2 Å². The molecule has 0 aliphatic carbocycles. The van der Waals surface area contributed by atoms with Crippen molar-refractivity contribution in [3.8, 4) is 0 Å². The van der Waals surface area contributed by atoms with Gasteiger partial charge in [-0.25, -0.2) is 13.1 Å². The molecule has 148 valence electrons. The van der Waals surface area contributed by atoms with Crippen LogP contribution in [0, 0.1) is 0 Å². The Balaban J connectivity index is 2.19. The average Bonchev–Trinajstić information content (AvgIpc) is 2.63. The third-order valence-corrected chi connectivity index (χ3v) is 6.44. The Kier molecular flexibility index (Phi) is 11.6. The van der Waals surface area contributed by atoms with Gasteiger partial charge in [-0.2, -0.15) is 0 Å². The van der Waals surface area contributed by atoms with E-state index in [4.69, 9.17) is 0 Å². The van der Waals surface area contributed by atoms with E-state index in [0.717, 1.165) is 29.7 Å². The number of rotatable bonds is 14. The zero-order chi connectivity index (χ0) is 19.3. The number of unbranched alkanes of at least 4 members (excludes halogenated alkanes) is 5. The molecule has 0 amide bonds. The fourth-order valence-electron chi connectivity index (χ4n) is 2.45. The highest BCUT2D eigenvalue weighted by atomic mass is 32.2. The quantitative estimate of drug-likeness (QED) is 0.292. The number of methoxy groups -OCH3 is 1. The molecular formula is C19H31NO4S2. The summed E-state index contributed by atoms with van der Waals surface area (Å²) in [5.41, 5.74) is 0.904. The van der Waals surface area contributed by atoms with Gasteiger partial charge in [-0.15, -0.1) is 11.8 Å². The van der Waals surface area contributed by atoms with E-state index < -0.39 is 10.0 Å². The fourth-order valence-corrected chi connectivity index (χ4v) is 4.49. The molecule has 1 aromatic carbocycles. The molecule has 1 rings (SSSR count). The molecule has 26 heavy (non-hydrogen) atoms. The van der Waals surface area contributed by atoms with Gasteiger partial charge in [0.2, 0.25) is 10.0 Å². The van der Waals surface area contributed by atoms with Gasteiger partial charge >= 0.3 is 5.97 Å². The lowest BCUT2D eigenvalue weighted by Crippen LogP contribution is -2.28. The van der Waals surface area contributed by atoms with E-state index >= 15 is 0 Å². The first-order valence-corrected chi connectivity index (χ1v) is 11.9. The maximum Gasteiger partial charge on any atom is 0.309 e. The predicted octanol–water partition coefficient (Wildman–Crippen LogP) is 3.77. The fraction of sp³-hybridized carbons (Fsp3) is 0.632. The van der Waals surface area contributed by atoms with E-state index in [1.165, 1.54) is 26.4 Å². The third kappa shape index (κ3) is 10.8. The highest BCUT2D eigenvalue weighted by Gasteiger charge is 2.09. The molecule has 0 spiro atoms. The van der Waals surface area contributed by atoms with Gasteiger partial charge in [-0.3, -0.25) is 4.79 Å². The second-order valence-corrected chi connectivity index (χ2v) is 9.32. The van der Waals surface area contributed by atoms with Crippen LogP contribution in [0.3, 0.4) is 0 Å². The molecule has 7 heteroatoms. The number of esters is 1. The van der Waals surface area contributed by atoms with Crippen LogP contribution in [0.5, 0.6) is 0 Å². The van der Waals surface area contributed by atoms with Crippen LogP contribution in [0.15, 0.2) is 29.2 Å². The first kappa shape index (κ1) is 23.0. The number of nitrogens with one attached hydrogen (secondary N) is 1. The summed E-state index contributed by atoms with van der Waals surface area (Å²) in [5, 5.41) is 0. The number of sulfonamides is 1. The molecule has 1 aromatic rings. The van der Waals surface area contributed by atoms with Crippen LogP contribution in [0.1, 0.15) is 51.0 Å². The van der Waals surface area contributed by atoms with Crippen LogP contribution in [-0.4, -0.2) is 39.5 Å². The molecule has 0 fully saturated rings. The number of carbonyl (C=O) groups is 1. The first-order valence-electron chi connectivity index (χ1n) is 9.22. The molecule has 1 N–H and O–H groups in total. The number of benzene rings is 1. The SMILES string of the molecule is CCCCCCCCS(=O)(=O)NCCSc1ccc(CC(=O)OC)cc1. The number of hydrogen-bond donors (Lipinski definition) is 1. The molecular weight excluding hydrogens is 370 g/mol. The van der Waals surface area contributed by atoms with Gasteiger partial charge in [0.1, 0.15) is 0 Å². The third-order valence-electron chi connectivity index (χ3n) is 3.96. The number of thioether (sulfide) groups is 1. The van der Waals surface area contributed by atoms with Crippen molar-refractivity contribution in [3.63, 3.8) is 0 Å². The van der Waals surface area contributed by atoms with Crippen LogP contribution in [0.2, 0.25) is 0 Å². The van der Waals surface area contributed by atoms with Crippen LogP contribution >= 0.6 is 11.8 Å². The summed E-state index contributed by atoms with van der Waals surface area (Å²) in [6.45, 7) is 2.59. The maximum absolute atomic E-state index is 11.9. The van der Waals surface area contributed by atoms with Crippen molar-refractivity contribution in [2.75, 3.05) is 25.2 Å². The van der Waals surface area contributed by atoms with Gasteiger partial charge in [0.15, 0.2) is 0 Å². The summed E-state index contributed by atoms with van der Waals surface area (Å²) in [4.78, 5) is 12.3. The molecule has 0 aromatic heterocycles. The van der Waals surface area contributed by atoms with E-state index in [0.29, 0.717) is 12.3 Å². The van der Waals surface area contributed by atoms with Crippen LogP contribution in [0.4, 0.5) is 0 Å². The van der Waals surface area contributed by atoms with E-state index in [-0.39, 0.29) is 18.1 Å². The molecule has 0 radical (unpaired) electrons. The zero-order valence-electron chi connectivity index (χ0n) is 15.8. The monoisotopic (exact) mass is 401 g/mol. The van der Waals surface area contributed by atoms with Gasteiger partial charge < -0.3 is 4.74 Å². The summed E-state index contributed by atoms with van der Waals surface area (Å²) in [5.74, 6) is 0.628. The lowest BCUT2D eigenvalue weighted by Gasteiger charge is -2.07. The molecule has 0 saturated carbocycles. The highest BCUT2D eigenvalue weighted by Crippen LogP contribution is 2.18. The first-order chi connectivity index (χ1) is 12.5. The Morgan fingerprint density at radius 3 is 2.38 bits per heavy atom. The Hall–Kier alpha value is -1.05. The largest absolute Gasteiger partial charge is 0.469 e. The smallest absolute Gasteiger partial charge is 0.309 e. The average molecular weight is 402 g/mol. The topological polar surface area (TPSA) is 72.5 Å². The second kappa shape index (κ2) is 13.2. The summed E-state index contributed by atoms with van der Waals surface area (Å²) in [6, 6.07) is 7.66. The molecule has 5 nitrogen and oxygen atoms in total. The Bertz CT molecular complexity index is 615. The lowest BCUT2D eigenvalue weighted by molar-refractivity contribution is -0.139. The number of ether oxygens (including phenoxy) is 1. The van der Waals surface area contributed by atoms with Crippen LogP contribution in [-0.2, 0) is 26.0 Å². The maximum atomic E-state index is 11.9. The van der Waals surface area contributed by atoms with Crippen molar-refractivity contribution >= 4 is 27.8 Å². The van der Waals surface area contributed by atoms with E-state index in [1.54, 1.807) is 11.8 Å². The number of hydrogen-bond acceptors (Lipinski definition) is 5. The summed E-state index contributed by atoms with van der Waals surface area (Å²) < 4.78 is 31.2. The molecule has 0 aliphatic rings. The second-order valence-electron chi connectivity index (χ2n) is 6.23. The standard InChI is InChI=1S/C19H31NO4S2/c1-3-4-5-6-7-8-15-26(22,23)20-13-14-25-18-11-9-17(10-12-18)16-19(21)24-2/h9-12,20H,3-8,13-16H2,1-2H3. The molecule has 0 bridgehead atoms. The van der Waals surface area contributed by atoms with Gasteiger partial charge in [0, 0.05) is 17.2 Å². The molecule has 0 heterocycles. The van der Waals surface area contributed by atoms with Crippen LogP contribution < -0.4 is 4.72 Å². The van der Waals surface area contributed by atoms with Gasteiger partial charge in [-0.05, 0) is 24.1 Å². The normalized spacial score (nSPS) is 11.5. The Labute approximate surface area is 162 Å². The van der Waals surface area contributed by atoms with Gasteiger partial charge in [0.05, 0.1) is 19.3 Å². The summed E-state index contributed by atoms with van der Waals surface area (Å²) >= 11 is 1.59. The van der Waals surface area contributed by atoms with Gasteiger partial charge in [0.25, 0.3) is 0 Å². The van der Waals surface area contributed by atoms with Crippen molar-refractivity contribution in [3.05, 3.63) is 29.8 Å². The molecule has 0 unspecified atom stereocenters. The van der Waals surface area contributed by atoms with Crippen molar-refractivity contribution in [1.29, 1.82) is 0 Å². The van der Waals surface area contributed by atoms with Crippen molar-refractivity contribution < 1.29 is 17.9 Å². The van der Waals surface area contributed by atoms with E-state index in [1.807, 2.05) is 24.3 Å². The van der Waals surface area contributed by atoms with Crippen LogP contribution in [0.25, 0.3) is 0 Å². The number of carbonyl (C=O) groups excluding carboxylic acids is 1. The molecule has 0 saturated heterocycles. The van der Waals surface area contributed by atoms with Gasteiger partial charge in [-0.1, -0.05) is 51.2 Å². The summed E-state index contributed by atoms with van der Waals surface area (Å²) in [7, 11) is -1.79. The van der Waals surface area contributed by atoms with Crippen molar-refractivity contribution in [2.45, 2.75) is 56.8 Å². The Morgan fingerprint density at radius 1 is 1.08 bits per heavy atom. The molecule has 0 atom stereocenters. The molecule has 0 aliphatic heterocycles. The van der Waals surface area contributed by atoms with E-state index in [2.05, 4.69) is 16.4 Å². The predicted molar refractivity (Wildman–Crippen MR) is 108 cm³/mol. The van der Waals surface area contributed by atoms with Crippen molar-refractivity contribution in [2.24, 2.45) is 0 Å². The Morgan fingerprint density at radius 2 is 1.73 bits per heavy atom. The highest BCUT2D eigenvalue weighted by molar-refractivity contribution is 7.99. The zero-order valence-corrected chi connectivity index (χ0v) is 17.5. The minimum atomic E-state index is -3.17. The summed E-state index contributed by atoms with van der Waals surface area (Å²) in [6.07, 6.45) is 6.71. The minimum Gasteiger partial charge on any atom is -0.469 e. The lowest BCUT2D eigenvalue weighted by atomic mass is 10.1.